The Labute approximate surface area is 329 Å². The third-order valence-corrected chi connectivity index (χ3v) is 11.6. The van der Waals surface area contributed by atoms with E-state index in [1.165, 1.54) is 16.9 Å². The highest BCUT2D eigenvalue weighted by Gasteiger charge is 2.31. The Bertz CT molecular complexity index is 2390. The molecule has 0 unspecified atom stereocenters. The summed E-state index contributed by atoms with van der Waals surface area (Å²) in [5, 5.41) is 18.0. The third-order valence-electron chi connectivity index (χ3n) is 10.0. The predicted molar refractivity (Wildman–Crippen MR) is 208 cm³/mol. The molecule has 8 heterocycles. The van der Waals surface area contributed by atoms with E-state index < -0.39 is 21.2 Å². The summed E-state index contributed by atoms with van der Waals surface area (Å²) in [5.41, 5.74) is 2.57. The highest BCUT2D eigenvalue weighted by atomic mass is 32.2. The minimum absolute atomic E-state index is 0.0790. The first-order valence-electron chi connectivity index (χ1n) is 19.0. The van der Waals surface area contributed by atoms with E-state index in [-0.39, 0.29) is 34.8 Å². The second-order valence-electron chi connectivity index (χ2n) is 16.5. The fourth-order valence-corrected chi connectivity index (χ4v) is 8.43. The Morgan fingerprint density at radius 2 is 1.25 bits per heavy atom. The molecule has 0 spiro atoms. The first kappa shape index (κ1) is 38.0. The van der Waals surface area contributed by atoms with Crippen LogP contribution in [-0.2, 0) is 19.5 Å². The molecule has 2 fully saturated rings. The standard InChI is InChI=1S/C38H46N12O6S/c1-37(2,3)55-35(51)45-13-9-28(10-14-45)47-23-26(19-41-47)25-17-32-31(39-18-25)21-43-50(32)57(53,54)34-22-40-33-8-7-30(44-49(33)34)27-20-42-48(24-27)29-11-15-46(16-12-29)36(52)56-38(4,5)6/h7-8,17-24,28-29H,9-16H2,1-6H3. The number of ether oxygens (including phenoxy) is 2. The van der Waals surface area contributed by atoms with Crippen molar-refractivity contribution in [2.24, 2.45) is 0 Å². The maximum Gasteiger partial charge on any atom is 0.410 e. The number of amides is 2. The fraction of sp³-hybridized carbons (Fsp3) is 0.474. The summed E-state index contributed by atoms with van der Waals surface area (Å²) < 4.78 is 45.6. The first-order chi connectivity index (χ1) is 27.0. The van der Waals surface area contributed by atoms with Crippen molar-refractivity contribution in [1.82, 2.24) is 58.1 Å². The van der Waals surface area contributed by atoms with E-state index in [9.17, 15) is 18.0 Å². The molecule has 0 aliphatic carbocycles. The molecule has 6 aromatic rings. The van der Waals surface area contributed by atoms with Crippen LogP contribution in [0.25, 0.3) is 39.1 Å². The van der Waals surface area contributed by atoms with Crippen LogP contribution in [0.15, 0.2) is 66.6 Å². The number of aromatic nitrogens is 10. The molecule has 6 aromatic heterocycles. The Morgan fingerprint density at radius 1 is 0.684 bits per heavy atom. The number of fused-ring (bicyclic) bond motifs is 2. The molecule has 18 nitrogen and oxygen atoms in total. The van der Waals surface area contributed by atoms with Crippen LogP contribution in [0.5, 0.6) is 0 Å². The number of nitrogens with zero attached hydrogens (tertiary/aromatic N) is 12. The van der Waals surface area contributed by atoms with Gasteiger partial charge in [0.1, 0.15) is 22.2 Å². The van der Waals surface area contributed by atoms with Gasteiger partial charge in [0, 0.05) is 61.5 Å². The second-order valence-corrected chi connectivity index (χ2v) is 18.2. The van der Waals surface area contributed by atoms with Crippen LogP contribution in [0.1, 0.15) is 79.3 Å². The number of pyridine rings is 1. The minimum atomic E-state index is -4.30. The lowest BCUT2D eigenvalue weighted by Gasteiger charge is -2.33. The van der Waals surface area contributed by atoms with Crippen molar-refractivity contribution in [2.45, 2.75) is 95.5 Å². The Kier molecular flexibility index (Phi) is 9.52. The van der Waals surface area contributed by atoms with Gasteiger partial charge in [-0.2, -0.15) is 37.4 Å². The smallest absolute Gasteiger partial charge is 0.410 e. The number of imidazole rings is 1. The summed E-state index contributed by atoms with van der Waals surface area (Å²) in [6.07, 6.45) is 13.8. The van der Waals surface area contributed by atoms with Crippen molar-refractivity contribution in [3.63, 3.8) is 0 Å². The molecule has 2 amide bonds. The lowest BCUT2D eigenvalue weighted by atomic mass is 10.1. The van der Waals surface area contributed by atoms with Gasteiger partial charge in [0.15, 0.2) is 10.7 Å². The molecule has 8 rings (SSSR count). The topological polar surface area (TPSA) is 190 Å². The summed E-state index contributed by atoms with van der Waals surface area (Å²) in [6, 6.07) is 5.38. The van der Waals surface area contributed by atoms with Crippen LogP contribution in [0.2, 0.25) is 0 Å². The highest BCUT2D eigenvalue weighted by molar-refractivity contribution is 7.90. The van der Waals surface area contributed by atoms with Crippen LogP contribution < -0.4 is 0 Å². The molecule has 0 radical (unpaired) electrons. The lowest BCUT2D eigenvalue weighted by Crippen LogP contribution is -2.42. The van der Waals surface area contributed by atoms with Crippen molar-refractivity contribution in [2.75, 3.05) is 26.2 Å². The molecule has 0 atom stereocenters. The molecule has 57 heavy (non-hydrogen) atoms. The average molecular weight is 799 g/mol. The monoisotopic (exact) mass is 798 g/mol. The van der Waals surface area contributed by atoms with Crippen molar-refractivity contribution in [3.8, 4) is 22.4 Å². The quantitative estimate of drug-likeness (QED) is 0.204. The second kappa shape index (κ2) is 14.3. The SMILES string of the molecule is CC(C)(C)OC(=O)N1CCC(n2cc(-c3cnc4cnn(S(=O)(=O)c5cnc6ccc(-c7cnn(C8CCN(C(=O)OC(C)(C)C)CC8)c7)nn56)c4c3)cn2)CC1. The van der Waals surface area contributed by atoms with Gasteiger partial charge < -0.3 is 19.3 Å². The summed E-state index contributed by atoms with van der Waals surface area (Å²) in [7, 11) is -4.30. The van der Waals surface area contributed by atoms with Crippen molar-refractivity contribution in [3.05, 3.63) is 61.6 Å². The van der Waals surface area contributed by atoms with E-state index >= 15 is 0 Å². The Balaban J connectivity index is 0.989. The molecular weight excluding hydrogens is 753 g/mol. The zero-order chi connectivity index (χ0) is 40.3. The molecule has 19 heteroatoms. The largest absolute Gasteiger partial charge is 0.444 e. The third kappa shape index (κ3) is 7.79. The molecular formula is C38H46N12O6S. The maximum atomic E-state index is 14.3. The van der Waals surface area contributed by atoms with Crippen LogP contribution in [0, 0.1) is 0 Å². The Morgan fingerprint density at radius 3 is 1.82 bits per heavy atom. The van der Waals surface area contributed by atoms with Crippen molar-refractivity contribution in [1.29, 1.82) is 0 Å². The normalized spacial score (nSPS) is 16.5. The number of carbonyl (C=O) groups excluding carboxylic acids is 2. The summed E-state index contributed by atoms with van der Waals surface area (Å²) in [6.45, 7) is 13.3. The van der Waals surface area contributed by atoms with E-state index in [2.05, 4.69) is 30.4 Å². The molecule has 300 valence electrons. The van der Waals surface area contributed by atoms with E-state index in [0.29, 0.717) is 67.0 Å². The average Bonchev–Trinajstić information content (AvgIpc) is 3.99. The van der Waals surface area contributed by atoms with Gasteiger partial charge in [-0.1, -0.05) is 0 Å². The molecule has 0 saturated carbocycles. The van der Waals surface area contributed by atoms with E-state index in [1.54, 1.807) is 46.6 Å². The molecule has 2 saturated heterocycles. The van der Waals surface area contributed by atoms with Gasteiger partial charge >= 0.3 is 22.2 Å². The van der Waals surface area contributed by atoms with Crippen molar-refractivity contribution < 1.29 is 27.5 Å². The van der Waals surface area contributed by atoms with Gasteiger partial charge in [-0.3, -0.25) is 14.3 Å². The molecule has 0 N–H and O–H groups in total. The predicted octanol–water partition coefficient (Wildman–Crippen LogP) is 5.58. The van der Waals surface area contributed by atoms with Crippen molar-refractivity contribution >= 4 is 38.9 Å². The minimum Gasteiger partial charge on any atom is -0.444 e. The molecule has 2 aliphatic rings. The van der Waals surface area contributed by atoms with E-state index in [0.717, 1.165) is 22.5 Å². The van der Waals surface area contributed by atoms with Gasteiger partial charge in [-0.15, -0.1) is 0 Å². The van der Waals surface area contributed by atoms with E-state index in [4.69, 9.17) is 9.47 Å². The first-order valence-corrected chi connectivity index (χ1v) is 20.5. The van der Waals surface area contributed by atoms with Gasteiger partial charge in [-0.25, -0.2) is 14.6 Å². The fourth-order valence-electron chi connectivity index (χ4n) is 7.14. The van der Waals surface area contributed by atoms with Crippen LogP contribution in [0.4, 0.5) is 9.59 Å². The van der Waals surface area contributed by atoms with Crippen LogP contribution >= 0.6 is 0 Å². The lowest BCUT2D eigenvalue weighted by molar-refractivity contribution is 0.0174. The van der Waals surface area contributed by atoms with Gasteiger partial charge in [0.2, 0.25) is 0 Å². The Hall–Kier alpha value is -5.85. The molecule has 0 aromatic carbocycles. The van der Waals surface area contributed by atoms with Crippen LogP contribution in [-0.4, -0.2) is 116 Å². The summed E-state index contributed by atoms with van der Waals surface area (Å²) in [5.74, 6) is 0. The van der Waals surface area contributed by atoms with Crippen LogP contribution in [0.3, 0.4) is 0 Å². The highest BCUT2D eigenvalue weighted by Crippen LogP contribution is 2.30. The number of hydrogen-bond donors (Lipinski definition) is 0. The summed E-state index contributed by atoms with van der Waals surface area (Å²) >= 11 is 0. The number of rotatable bonds is 6. The number of likely N-dealkylation sites (tertiary alicyclic amines) is 2. The maximum absolute atomic E-state index is 14.3. The molecule has 2 aliphatic heterocycles. The number of hydrogen-bond acceptors (Lipinski definition) is 12. The number of carbonyl (C=O) groups is 2. The number of piperidine rings is 2. The van der Waals surface area contributed by atoms with Gasteiger partial charge in [0.25, 0.3) is 0 Å². The van der Waals surface area contributed by atoms with Gasteiger partial charge in [-0.05, 0) is 85.4 Å². The summed E-state index contributed by atoms with van der Waals surface area (Å²) in [4.78, 5) is 37.4. The van der Waals surface area contributed by atoms with Gasteiger partial charge in [0.05, 0.1) is 42.6 Å². The van der Waals surface area contributed by atoms with E-state index in [1.807, 2.05) is 63.3 Å². The molecule has 0 bridgehead atoms. The zero-order valence-corrected chi connectivity index (χ0v) is 33.6. The zero-order valence-electron chi connectivity index (χ0n) is 32.8.